The van der Waals surface area contributed by atoms with Gasteiger partial charge in [0.2, 0.25) is 0 Å². The first-order valence-electron chi connectivity index (χ1n) is 9.06. The summed E-state index contributed by atoms with van der Waals surface area (Å²) in [5.41, 5.74) is 1.80. The summed E-state index contributed by atoms with van der Waals surface area (Å²) >= 11 is 0. The zero-order chi connectivity index (χ0) is 18.9. The number of hydrogen-bond donors (Lipinski definition) is 1. The molecule has 0 saturated carbocycles. The van der Waals surface area contributed by atoms with Crippen LogP contribution in [0.4, 0.5) is 19.0 Å². The van der Waals surface area contributed by atoms with Crippen molar-refractivity contribution in [3.8, 4) is 0 Å². The van der Waals surface area contributed by atoms with Crippen molar-refractivity contribution in [3.63, 3.8) is 0 Å². The highest BCUT2D eigenvalue weighted by Gasteiger charge is 2.31. The summed E-state index contributed by atoms with van der Waals surface area (Å²) in [6.45, 7) is 3.94. The van der Waals surface area contributed by atoms with E-state index in [4.69, 9.17) is 0 Å². The van der Waals surface area contributed by atoms with Gasteiger partial charge in [0, 0.05) is 56.0 Å². The molecule has 1 aliphatic heterocycles. The number of aromatic nitrogens is 2. The van der Waals surface area contributed by atoms with E-state index < -0.39 is 11.7 Å². The van der Waals surface area contributed by atoms with Crippen LogP contribution in [0.15, 0.2) is 48.8 Å². The fraction of sp³-hybridized carbons (Fsp3) is 0.350. The molecular formula is C20H21F3N4. The van der Waals surface area contributed by atoms with Crippen molar-refractivity contribution in [2.45, 2.75) is 12.6 Å². The maximum absolute atomic E-state index is 12.9. The van der Waals surface area contributed by atoms with Gasteiger partial charge in [-0.25, -0.2) is 4.98 Å². The van der Waals surface area contributed by atoms with E-state index in [1.165, 1.54) is 17.1 Å². The number of pyridine rings is 1. The van der Waals surface area contributed by atoms with Gasteiger partial charge in [0.15, 0.2) is 0 Å². The molecule has 1 fully saturated rings. The van der Waals surface area contributed by atoms with E-state index in [0.29, 0.717) is 18.9 Å². The second kappa shape index (κ2) is 7.23. The molecule has 0 radical (unpaired) electrons. The van der Waals surface area contributed by atoms with Crippen LogP contribution in [0, 0.1) is 0 Å². The predicted molar refractivity (Wildman–Crippen MR) is 99.9 cm³/mol. The Hall–Kier alpha value is -2.54. The normalized spacial score (nSPS) is 16.2. The molecule has 142 valence electrons. The summed E-state index contributed by atoms with van der Waals surface area (Å²) in [7, 11) is 0. The van der Waals surface area contributed by atoms with Crippen LogP contribution in [0.3, 0.4) is 0 Å². The molecule has 3 aromatic rings. The van der Waals surface area contributed by atoms with Crippen molar-refractivity contribution in [2.24, 2.45) is 0 Å². The SMILES string of the molecule is FC(F)(F)c1ccnc(N2CCN(CCc3c[nH]c4ccccc34)CC2)c1. The number of alkyl halides is 3. The monoisotopic (exact) mass is 374 g/mol. The van der Waals surface area contributed by atoms with E-state index in [9.17, 15) is 13.2 Å². The van der Waals surface area contributed by atoms with E-state index in [0.717, 1.165) is 43.7 Å². The molecule has 7 heteroatoms. The Morgan fingerprint density at radius 2 is 1.81 bits per heavy atom. The maximum atomic E-state index is 12.9. The van der Waals surface area contributed by atoms with E-state index in [2.05, 4.69) is 33.2 Å². The summed E-state index contributed by atoms with van der Waals surface area (Å²) in [5.74, 6) is 0.404. The number of hydrogen-bond acceptors (Lipinski definition) is 3. The highest BCUT2D eigenvalue weighted by Crippen LogP contribution is 2.31. The molecule has 0 bridgehead atoms. The molecule has 0 atom stereocenters. The summed E-state index contributed by atoms with van der Waals surface area (Å²) in [6.07, 6.45) is -0.0836. The Labute approximate surface area is 155 Å². The molecular weight excluding hydrogens is 353 g/mol. The summed E-state index contributed by atoms with van der Waals surface area (Å²) in [5, 5.41) is 1.25. The Kier molecular flexibility index (Phi) is 4.78. The topological polar surface area (TPSA) is 35.2 Å². The number of piperazine rings is 1. The molecule has 1 N–H and O–H groups in total. The molecule has 1 aromatic carbocycles. The minimum atomic E-state index is -4.33. The van der Waals surface area contributed by atoms with Gasteiger partial charge in [-0.3, -0.25) is 4.90 Å². The second-order valence-corrected chi connectivity index (χ2v) is 6.84. The van der Waals surface area contributed by atoms with Crippen LogP contribution in [0.5, 0.6) is 0 Å². The van der Waals surface area contributed by atoms with Crippen molar-refractivity contribution in [2.75, 3.05) is 37.6 Å². The van der Waals surface area contributed by atoms with Crippen LogP contribution in [-0.2, 0) is 12.6 Å². The lowest BCUT2D eigenvalue weighted by Gasteiger charge is -2.35. The highest BCUT2D eigenvalue weighted by atomic mass is 19.4. The Bertz CT molecular complexity index is 911. The number of benzene rings is 1. The lowest BCUT2D eigenvalue weighted by Crippen LogP contribution is -2.47. The standard InChI is InChI=1S/C20H21F3N4/c21-20(22,23)16-5-7-24-19(13-16)27-11-9-26(10-12-27)8-6-15-14-25-18-4-2-1-3-17(15)18/h1-5,7,13-14,25H,6,8-12H2. The Balaban J connectivity index is 1.34. The molecule has 2 aromatic heterocycles. The largest absolute Gasteiger partial charge is 0.416 e. The van der Waals surface area contributed by atoms with Crippen LogP contribution in [0.1, 0.15) is 11.1 Å². The van der Waals surface area contributed by atoms with Gasteiger partial charge >= 0.3 is 6.18 Å². The summed E-state index contributed by atoms with van der Waals surface area (Å²) in [4.78, 5) is 11.7. The van der Waals surface area contributed by atoms with E-state index in [1.54, 1.807) is 0 Å². The molecule has 1 saturated heterocycles. The molecule has 4 rings (SSSR count). The van der Waals surface area contributed by atoms with Crippen LogP contribution in [-0.4, -0.2) is 47.6 Å². The number of anilines is 1. The molecule has 27 heavy (non-hydrogen) atoms. The second-order valence-electron chi connectivity index (χ2n) is 6.84. The zero-order valence-electron chi connectivity index (χ0n) is 14.8. The van der Waals surface area contributed by atoms with Gasteiger partial charge in [-0.15, -0.1) is 0 Å². The van der Waals surface area contributed by atoms with Crippen molar-refractivity contribution in [1.82, 2.24) is 14.9 Å². The number of fused-ring (bicyclic) bond motifs is 1. The number of nitrogens with zero attached hydrogens (tertiary/aromatic N) is 3. The van der Waals surface area contributed by atoms with Crippen molar-refractivity contribution in [3.05, 3.63) is 59.9 Å². The minimum absolute atomic E-state index is 0.404. The molecule has 0 unspecified atom stereocenters. The maximum Gasteiger partial charge on any atom is 0.416 e. The third-order valence-electron chi connectivity index (χ3n) is 5.14. The molecule has 0 amide bonds. The van der Waals surface area contributed by atoms with Crippen LogP contribution >= 0.6 is 0 Å². The van der Waals surface area contributed by atoms with Gasteiger partial charge < -0.3 is 9.88 Å². The van der Waals surface area contributed by atoms with Crippen molar-refractivity contribution < 1.29 is 13.2 Å². The fourth-order valence-corrected chi connectivity index (χ4v) is 3.59. The van der Waals surface area contributed by atoms with Gasteiger partial charge in [0.1, 0.15) is 5.82 Å². The van der Waals surface area contributed by atoms with Crippen LogP contribution in [0.2, 0.25) is 0 Å². The van der Waals surface area contributed by atoms with Crippen LogP contribution < -0.4 is 4.90 Å². The van der Waals surface area contributed by atoms with Crippen LogP contribution in [0.25, 0.3) is 10.9 Å². The first kappa shape index (κ1) is 17.9. The average Bonchev–Trinajstić information content (AvgIpc) is 3.09. The lowest BCUT2D eigenvalue weighted by molar-refractivity contribution is -0.137. The van der Waals surface area contributed by atoms with E-state index in [1.807, 2.05) is 17.0 Å². The van der Waals surface area contributed by atoms with Crippen molar-refractivity contribution >= 4 is 16.7 Å². The Morgan fingerprint density at radius 1 is 1.04 bits per heavy atom. The first-order valence-corrected chi connectivity index (χ1v) is 9.06. The average molecular weight is 374 g/mol. The molecule has 4 nitrogen and oxygen atoms in total. The number of aromatic amines is 1. The number of H-pyrrole nitrogens is 1. The number of para-hydroxylation sites is 1. The third kappa shape index (κ3) is 3.93. The van der Waals surface area contributed by atoms with Crippen molar-refractivity contribution in [1.29, 1.82) is 0 Å². The third-order valence-corrected chi connectivity index (χ3v) is 5.14. The first-order chi connectivity index (χ1) is 13.0. The molecule has 3 heterocycles. The van der Waals surface area contributed by atoms with Gasteiger partial charge in [-0.1, -0.05) is 18.2 Å². The van der Waals surface area contributed by atoms with Gasteiger partial charge in [0.05, 0.1) is 5.56 Å². The smallest absolute Gasteiger partial charge is 0.361 e. The van der Waals surface area contributed by atoms with Gasteiger partial charge in [0.25, 0.3) is 0 Å². The number of nitrogens with one attached hydrogen (secondary N) is 1. The summed E-state index contributed by atoms with van der Waals surface area (Å²) in [6, 6.07) is 10.4. The molecule has 0 aliphatic carbocycles. The lowest BCUT2D eigenvalue weighted by atomic mass is 10.1. The van der Waals surface area contributed by atoms with E-state index >= 15 is 0 Å². The predicted octanol–water partition coefficient (Wildman–Crippen LogP) is 3.95. The minimum Gasteiger partial charge on any atom is -0.361 e. The van der Waals surface area contributed by atoms with E-state index in [-0.39, 0.29) is 0 Å². The zero-order valence-corrected chi connectivity index (χ0v) is 14.8. The Morgan fingerprint density at radius 3 is 2.59 bits per heavy atom. The number of rotatable bonds is 4. The highest BCUT2D eigenvalue weighted by molar-refractivity contribution is 5.83. The molecule has 1 aliphatic rings. The molecule has 0 spiro atoms. The fourth-order valence-electron chi connectivity index (χ4n) is 3.59. The van der Waals surface area contributed by atoms with Gasteiger partial charge in [-0.2, -0.15) is 13.2 Å². The quantitative estimate of drug-likeness (QED) is 0.751. The summed E-state index contributed by atoms with van der Waals surface area (Å²) < 4.78 is 38.7. The van der Waals surface area contributed by atoms with Gasteiger partial charge in [-0.05, 0) is 30.2 Å². The number of halogens is 3.